The van der Waals surface area contributed by atoms with Gasteiger partial charge < -0.3 is 15.0 Å². The second-order valence-corrected chi connectivity index (χ2v) is 10.4. The maximum Gasteiger partial charge on any atom is 0.223 e. The fraction of sp³-hybridized carbons (Fsp3) is 0.636. The first-order chi connectivity index (χ1) is 14.1. The third kappa shape index (κ3) is 7.31. The van der Waals surface area contributed by atoms with Gasteiger partial charge in [0.15, 0.2) is 9.84 Å². The van der Waals surface area contributed by atoms with Crippen LogP contribution in [0.5, 0.6) is 5.75 Å². The van der Waals surface area contributed by atoms with E-state index in [9.17, 15) is 18.0 Å². The smallest absolute Gasteiger partial charge is 0.223 e. The Kier molecular flexibility index (Phi) is 8.70. The van der Waals surface area contributed by atoms with Crippen molar-refractivity contribution in [2.24, 2.45) is 11.8 Å². The van der Waals surface area contributed by atoms with Crippen molar-refractivity contribution in [2.75, 3.05) is 26.0 Å². The minimum absolute atomic E-state index is 0.0199. The molecule has 1 aromatic carbocycles. The van der Waals surface area contributed by atoms with E-state index in [0.29, 0.717) is 57.0 Å². The van der Waals surface area contributed by atoms with Gasteiger partial charge in [0.2, 0.25) is 11.8 Å². The van der Waals surface area contributed by atoms with Crippen LogP contribution in [0.15, 0.2) is 29.2 Å². The third-order valence-electron chi connectivity index (χ3n) is 5.64. The molecule has 1 unspecified atom stereocenters. The summed E-state index contributed by atoms with van der Waals surface area (Å²) in [5.41, 5.74) is 0. The molecule has 0 spiro atoms. The molecule has 7 nitrogen and oxygen atoms in total. The molecule has 2 amide bonds. The Morgan fingerprint density at radius 2 is 1.73 bits per heavy atom. The first-order valence-electron chi connectivity index (χ1n) is 10.6. The molecule has 1 aromatic rings. The largest absolute Gasteiger partial charge is 0.494 e. The zero-order valence-corrected chi connectivity index (χ0v) is 19.2. The number of hydrogen-bond acceptors (Lipinski definition) is 5. The molecule has 0 bridgehead atoms. The number of carbonyl (C=O) groups is 2. The van der Waals surface area contributed by atoms with Gasteiger partial charge in [-0.3, -0.25) is 9.59 Å². The second-order valence-electron chi connectivity index (χ2n) is 8.39. The average molecular weight is 439 g/mol. The third-order valence-corrected chi connectivity index (χ3v) is 6.77. The van der Waals surface area contributed by atoms with Crippen LogP contribution >= 0.6 is 0 Å². The van der Waals surface area contributed by atoms with Crippen molar-refractivity contribution in [3.8, 4) is 5.75 Å². The average Bonchev–Trinajstić information content (AvgIpc) is 2.70. The number of hydrogen-bond donors (Lipinski definition) is 1. The maximum absolute atomic E-state index is 12.4. The molecule has 168 valence electrons. The zero-order chi connectivity index (χ0) is 22.3. The van der Waals surface area contributed by atoms with Crippen LogP contribution in [0.25, 0.3) is 0 Å². The highest BCUT2D eigenvalue weighted by atomic mass is 32.2. The highest BCUT2D eigenvalue weighted by molar-refractivity contribution is 7.90. The van der Waals surface area contributed by atoms with E-state index in [1.807, 2.05) is 11.8 Å². The van der Waals surface area contributed by atoms with E-state index < -0.39 is 9.84 Å². The van der Waals surface area contributed by atoms with Crippen LogP contribution in [-0.2, 0) is 19.4 Å². The maximum atomic E-state index is 12.4. The Hall–Kier alpha value is -2.09. The van der Waals surface area contributed by atoms with Gasteiger partial charge in [-0.05, 0) is 56.4 Å². The van der Waals surface area contributed by atoms with Gasteiger partial charge in [-0.15, -0.1) is 0 Å². The fourth-order valence-electron chi connectivity index (χ4n) is 3.25. The van der Waals surface area contributed by atoms with Gasteiger partial charge in [-0.2, -0.15) is 0 Å². The molecular formula is C22H34N2O5S. The van der Waals surface area contributed by atoms with Crippen molar-refractivity contribution < 1.29 is 22.7 Å². The van der Waals surface area contributed by atoms with Crippen molar-refractivity contribution in [3.63, 3.8) is 0 Å². The van der Waals surface area contributed by atoms with Crippen LogP contribution in [0.3, 0.4) is 0 Å². The lowest BCUT2D eigenvalue weighted by atomic mass is 9.94. The van der Waals surface area contributed by atoms with Crippen molar-refractivity contribution in [1.29, 1.82) is 0 Å². The Balaban J connectivity index is 1.67. The van der Waals surface area contributed by atoms with E-state index in [-0.39, 0.29) is 28.7 Å². The number of nitrogens with one attached hydrogen (secondary N) is 1. The van der Waals surface area contributed by atoms with E-state index >= 15 is 0 Å². The SMILES string of the molecule is CC(C)C(C)NC(=O)C1CCN(C(=O)CCCOc2ccc(S(C)(=O)=O)cc2)CC1. The van der Waals surface area contributed by atoms with E-state index in [2.05, 4.69) is 19.2 Å². The van der Waals surface area contributed by atoms with Gasteiger partial charge in [0, 0.05) is 37.7 Å². The first kappa shape index (κ1) is 24.2. The summed E-state index contributed by atoms with van der Waals surface area (Å²) in [5, 5.41) is 3.07. The molecule has 0 radical (unpaired) electrons. The molecule has 1 aliphatic rings. The van der Waals surface area contributed by atoms with Gasteiger partial charge >= 0.3 is 0 Å². The number of rotatable bonds is 9. The van der Waals surface area contributed by atoms with Crippen molar-refractivity contribution in [1.82, 2.24) is 10.2 Å². The Morgan fingerprint density at radius 3 is 2.27 bits per heavy atom. The summed E-state index contributed by atoms with van der Waals surface area (Å²) in [4.78, 5) is 26.8. The lowest BCUT2D eigenvalue weighted by Crippen LogP contribution is -2.45. The molecular weight excluding hydrogens is 404 g/mol. The molecule has 8 heteroatoms. The first-order valence-corrected chi connectivity index (χ1v) is 12.5. The van der Waals surface area contributed by atoms with Crippen LogP contribution in [0, 0.1) is 11.8 Å². The topological polar surface area (TPSA) is 92.8 Å². The molecule has 1 aliphatic heterocycles. The number of benzene rings is 1. The van der Waals surface area contributed by atoms with Crippen LogP contribution in [0.2, 0.25) is 0 Å². The van der Waals surface area contributed by atoms with Gasteiger partial charge in [-0.25, -0.2) is 8.42 Å². The number of likely N-dealkylation sites (tertiary alicyclic amines) is 1. The second kappa shape index (κ2) is 10.8. The minimum atomic E-state index is -3.22. The van der Waals surface area contributed by atoms with Gasteiger partial charge in [0.1, 0.15) is 5.75 Å². The summed E-state index contributed by atoms with van der Waals surface area (Å²) in [6.07, 6.45) is 3.54. The minimum Gasteiger partial charge on any atom is -0.494 e. The van der Waals surface area contributed by atoms with E-state index in [1.165, 1.54) is 12.1 Å². The van der Waals surface area contributed by atoms with Crippen LogP contribution in [0.1, 0.15) is 46.5 Å². The fourth-order valence-corrected chi connectivity index (χ4v) is 3.89. The molecule has 30 heavy (non-hydrogen) atoms. The number of amides is 2. The summed E-state index contributed by atoms with van der Waals surface area (Å²) in [6, 6.07) is 6.41. The number of sulfone groups is 1. The van der Waals surface area contributed by atoms with Crippen LogP contribution in [0.4, 0.5) is 0 Å². The van der Waals surface area contributed by atoms with E-state index in [0.717, 1.165) is 6.26 Å². The summed E-state index contributed by atoms with van der Waals surface area (Å²) < 4.78 is 28.5. The number of nitrogens with zero attached hydrogens (tertiary/aromatic N) is 1. The highest BCUT2D eigenvalue weighted by Gasteiger charge is 2.28. The predicted octanol–water partition coefficient (Wildman–Crippen LogP) is 2.65. The molecule has 0 saturated carbocycles. The summed E-state index contributed by atoms with van der Waals surface area (Å²) in [7, 11) is -3.22. The summed E-state index contributed by atoms with van der Waals surface area (Å²) >= 11 is 0. The molecule has 2 rings (SSSR count). The normalized spacial score (nSPS) is 16.4. The molecule has 1 atom stereocenters. The van der Waals surface area contributed by atoms with Crippen molar-refractivity contribution >= 4 is 21.7 Å². The van der Waals surface area contributed by atoms with E-state index in [1.54, 1.807) is 12.1 Å². The molecule has 0 aliphatic carbocycles. The quantitative estimate of drug-likeness (QED) is 0.599. The van der Waals surface area contributed by atoms with Gasteiger partial charge in [0.25, 0.3) is 0 Å². The monoisotopic (exact) mass is 438 g/mol. The molecule has 1 fully saturated rings. The van der Waals surface area contributed by atoms with E-state index in [4.69, 9.17) is 4.74 Å². The zero-order valence-electron chi connectivity index (χ0n) is 18.4. The Bertz CT molecular complexity index is 812. The predicted molar refractivity (Wildman–Crippen MR) is 116 cm³/mol. The van der Waals surface area contributed by atoms with Crippen LogP contribution < -0.4 is 10.1 Å². The Morgan fingerprint density at radius 1 is 1.13 bits per heavy atom. The number of piperidine rings is 1. The molecule has 1 heterocycles. The van der Waals surface area contributed by atoms with Crippen molar-refractivity contribution in [3.05, 3.63) is 24.3 Å². The highest BCUT2D eigenvalue weighted by Crippen LogP contribution is 2.20. The van der Waals surface area contributed by atoms with Crippen molar-refractivity contribution in [2.45, 2.75) is 57.4 Å². The Labute approximate surface area is 180 Å². The van der Waals surface area contributed by atoms with Gasteiger partial charge in [-0.1, -0.05) is 13.8 Å². The molecule has 1 saturated heterocycles. The number of carbonyl (C=O) groups excluding carboxylic acids is 2. The lowest BCUT2D eigenvalue weighted by molar-refractivity contribution is -0.136. The summed E-state index contributed by atoms with van der Waals surface area (Å²) in [5.74, 6) is 1.14. The number of ether oxygens (including phenoxy) is 1. The van der Waals surface area contributed by atoms with Gasteiger partial charge in [0.05, 0.1) is 11.5 Å². The van der Waals surface area contributed by atoms with Crippen LogP contribution in [-0.4, -0.2) is 57.1 Å². The lowest BCUT2D eigenvalue weighted by Gasteiger charge is -2.32. The molecule has 1 N–H and O–H groups in total. The summed E-state index contributed by atoms with van der Waals surface area (Å²) in [6.45, 7) is 7.79. The standard InChI is InChI=1S/C22H34N2O5S/c1-16(2)17(3)23-22(26)18-11-13-24(14-12-18)21(25)6-5-15-29-19-7-9-20(10-8-19)30(4,27)28/h7-10,16-18H,5-6,11-15H2,1-4H3,(H,23,26). The molecule has 0 aromatic heterocycles.